The van der Waals surface area contributed by atoms with Crippen molar-refractivity contribution in [1.29, 1.82) is 0 Å². The molecule has 1 nitrogen and oxygen atoms in total. The van der Waals surface area contributed by atoms with Crippen LogP contribution in [-0.4, -0.2) is 24.0 Å². The lowest BCUT2D eigenvalue weighted by Gasteiger charge is -2.34. The van der Waals surface area contributed by atoms with Gasteiger partial charge in [0.1, 0.15) is 0 Å². The van der Waals surface area contributed by atoms with Crippen LogP contribution < -0.4 is 0 Å². The van der Waals surface area contributed by atoms with Crippen LogP contribution in [0.3, 0.4) is 0 Å². The summed E-state index contributed by atoms with van der Waals surface area (Å²) in [6.07, 6.45) is 7.62. The fraction of sp³-hybridized carbons (Fsp3) is 0.867. The van der Waals surface area contributed by atoms with Gasteiger partial charge in [0.15, 0.2) is 0 Å². The highest BCUT2D eigenvalue weighted by molar-refractivity contribution is 4.97. The highest BCUT2D eigenvalue weighted by Crippen LogP contribution is 2.23. The van der Waals surface area contributed by atoms with Crippen LogP contribution in [0, 0.1) is 17.8 Å². The third-order valence-electron chi connectivity index (χ3n) is 3.60. The maximum absolute atomic E-state index is 3.24. The maximum atomic E-state index is 3.24. The van der Waals surface area contributed by atoms with E-state index in [1.165, 1.54) is 38.8 Å². The predicted octanol–water partition coefficient (Wildman–Crippen LogP) is 3.69. The van der Waals surface area contributed by atoms with Crippen LogP contribution in [-0.2, 0) is 0 Å². The van der Waals surface area contributed by atoms with E-state index in [-0.39, 0.29) is 0 Å². The van der Waals surface area contributed by atoms with Crippen molar-refractivity contribution in [2.24, 2.45) is 5.92 Å². The average Bonchev–Trinajstić information content (AvgIpc) is 2.29. The highest BCUT2D eigenvalue weighted by atomic mass is 15.1. The van der Waals surface area contributed by atoms with Crippen molar-refractivity contribution in [2.75, 3.05) is 13.1 Å². The highest BCUT2D eigenvalue weighted by Gasteiger charge is 2.19. The molecule has 0 aliphatic carbocycles. The van der Waals surface area contributed by atoms with Crippen LogP contribution in [0.1, 0.15) is 59.3 Å². The Kier molecular flexibility index (Phi) is 6.57. The van der Waals surface area contributed by atoms with E-state index in [1.807, 2.05) is 0 Å². The number of rotatable bonds is 4. The molecule has 92 valence electrons. The molecule has 0 atom stereocenters. The van der Waals surface area contributed by atoms with Gasteiger partial charge in [0.05, 0.1) is 0 Å². The van der Waals surface area contributed by atoms with Crippen LogP contribution >= 0.6 is 0 Å². The predicted molar refractivity (Wildman–Crippen MR) is 71.4 cm³/mol. The van der Waals surface area contributed by atoms with Crippen LogP contribution in [0.25, 0.3) is 0 Å². The Bertz CT molecular complexity index is 226. The Hall–Kier alpha value is -0.480. The van der Waals surface area contributed by atoms with Gasteiger partial charge in [-0.05, 0) is 58.5 Å². The Labute approximate surface area is 102 Å². The summed E-state index contributed by atoms with van der Waals surface area (Å²) in [7, 11) is 0. The third kappa shape index (κ3) is 5.03. The second kappa shape index (κ2) is 7.74. The van der Waals surface area contributed by atoms with Crippen LogP contribution in [0.15, 0.2) is 0 Å². The fourth-order valence-electron chi connectivity index (χ4n) is 2.45. The summed E-state index contributed by atoms with van der Waals surface area (Å²) in [6.45, 7) is 9.35. The van der Waals surface area contributed by atoms with Gasteiger partial charge in [-0.1, -0.05) is 6.92 Å². The molecule has 0 N–H and O–H groups in total. The monoisotopic (exact) mass is 221 g/mol. The zero-order valence-corrected chi connectivity index (χ0v) is 11.3. The second-order valence-corrected chi connectivity index (χ2v) is 5.17. The van der Waals surface area contributed by atoms with Crippen molar-refractivity contribution in [3.05, 3.63) is 0 Å². The van der Waals surface area contributed by atoms with Crippen molar-refractivity contribution >= 4 is 0 Å². The molecule has 0 saturated carbocycles. The molecule has 0 spiro atoms. The van der Waals surface area contributed by atoms with Gasteiger partial charge in [0.25, 0.3) is 0 Å². The molecule has 0 amide bonds. The molecular weight excluding hydrogens is 194 g/mol. The van der Waals surface area contributed by atoms with Gasteiger partial charge in [-0.2, -0.15) is 0 Å². The van der Waals surface area contributed by atoms with Gasteiger partial charge in [0, 0.05) is 18.9 Å². The quantitative estimate of drug-likeness (QED) is 0.517. The van der Waals surface area contributed by atoms with Crippen LogP contribution in [0.2, 0.25) is 0 Å². The summed E-state index contributed by atoms with van der Waals surface area (Å²) in [5.41, 5.74) is 0. The first-order valence-corrected chi connectivity index (χ1v) is 6.93. The Morgan fingerprint density at radius 2 is 1.88 bits per heavy atom. The maximum Gasteiger partial charge on any atom is 0.00887 e. The minimum atomic E-state index is 0.733. The smallest absolute Gasteiger partial charge is 0.00887 e. The minimum Gasteiger partial charge on any atom is -0.301 e. The molecule has 1 saturated heterocycles. The summed E-state index contributed by atoms with van der Waals surface area (Å²) in [6, 6.07) is 0.733. The number of hydrogen-bond donors (Lipinski definition) is 0. The molecule has 0 aromatic rings. The van der Waals surface area contributed by atoms with E-state index >= 15 is 0 Å². The summed E-state index contributed by atoms with van der Waals surface area (Å²) in [4.78, 5) is 2.60. The largest absolute Gasteiger partial charge is 0.301 e. The molecule has 0 unspecified atom stereocenters. The molecule has 1 rings (SSSR count). The zero-order chi connectivity index (χ0) is 11.8. The van der Waals surface area contributed by atoms with Gasteiger partial charge in [-0.3, -0.25) is 0 Å². The molecule has 1 heteroatoms. The Balaban J connectivity index is 2.08. The Morgan fingerprint density at radius 1 is 1.19 bits per heavy atom. The molecule has 0 aromatic heterocycles. The first-order valence-electron chi connectivity index (χ1n) is 6.93. The normalized spacial score (nSPS) is 18.5. The molecular formula is C15H27N. The number of piperidine rings is 1. The minimum absolute atomic E-state index is 0.733. The molecule has 16 heavy (non-hydrogen) atoms. The van der Waals surface area contributed by atoms with Gasteiger partial charge in [0.2, 0.25) is 0 Å². The first-order chi connectivity index (χ1) is 7.74. The molecule has 0 aromatic carbocycles. The molecule has 1 heterocycles. The number of nitrogens with zero attached hydrogens (tertiary/aromatic N) is 1. The fourth-order valence-corrected chi connectivity index (χ4v) is 2.45. The van der Waals surface area contributed by atoms with Gasteiger partial charge < -0.3 is 4.90 Å². The zero-order valence-electron chi connectivity index (χ0n) is 11.3. The van der Waals surface area contributed by atoms with E-state index in [4.69, 9.17) is 0 Å². The van der Waals surface area contributed by atoms with Crippen molar-refractivity contribution in [1.82, 2.24) is 4.90 Å². The van der Waals surface area contributed by atoms with Crippen LogP contribution in [0.4, 0.5) is 0 Å². The first kappa shape index (κ1) is 13.6. The van der Waals surface area contributed by atoms with Gasteiger partial charge in [-0.15, -0.1) is 11.8 Å². The van der Waals surface area contributed by atoms with E-state index in [1.54, 1.807) is 0 Å². The number of likely N-dealkylation sites (tertiary alicyclic amines) is 1. The van der Waals surface area contributed by atoms with E-state index in [0.29, 0.717) is 0 Å². The van der Waals surface area contributed by atoms with E-state index in [2.05, 4.69) is 37.5 Å². The van der Waals surface area contributed by atoms with Gasteiger partial charge >= 0.3 is 0 Å². The molecule has 1 aliphatic heterocycles. The van der Waals surface area contributed by atoms with Crippen molar-refractivity contribution in [3.8, 4) is 11.8 Å². The molecule has 0 radical (unpaired) electrons. The van der Waals surface area contributed by atoms with Gasteiger partial charge in [-0.25, -0.2) is 0 Å². The summed E-state index contributed by atoms with van der Waals surface area (Å²) in [5.74, 6) is 7.36. The topological polar surface area (TPSA) is 3.24 Å². The van der Waals surface area contributed by atoms with Crippen molar-refractivity contribution in [3.63, 3.8) is 0 Å². The summed E-state index contributed by atoms with van der Waals surface area (Å²) >= 11 is 0. The SMILES string of the molecule is CCC#CCCCC1CCN(C(C)C)CC1. The standard InChI is InChI=1S/C15H27N/c1-4-5-6-7-8-9-15-10-12-16(13-11-15)14(2)3/h14-15H,4,7-13H2,1-3H3. The lowest BCUT2D eigenvalue weighted by Crippen LogP contribution is -2.38. The Morgan fingerprint density at radius 3 is 2.44 bits per heavy atom. The van der Waals surface area contributed by atoms with Crippen molar-refractivity contribution < 1.29 is 0 Å². The number of hydrogen-bond acceptors (Lipinski definition) is 1. The average molecular weight is 221 g/mol. The lowest BCUT2D eigenvalue weighted by atomic mass is 9.91. The summed E-state index contributed by atoms with van der Waals surface area (Å²) in [5, 5.41) is 0. The number of unbranched alkanes of at least 4 members (excludes halogenated alkanes) is 1. The molecule has 1 fully saturated rings. The second-order valence-electron chi connectivity index (χ2n) is 5.17. The van der Waals surface area contributed by atoms with E-state index in [0.717, 1.165) is 24.8 Å². The third-order valence-corrected chi connectivity index (χ3v) is 3.60. The lowest BCUT2D eigenvalue weighted by molar-refractivity contribution is 0.145. The van der Waals surface area contributed by atoms with E-state index in [9.17, 15) is 0 Å². The van der Waals surface area contributed by atoms with E-state index < -0.39 is 0 Å². The van der Waals surface area contributed by atoms with Crippen molar-refractivity contribution in [2.45, 2.75) is 65.3 Å². The summed E-state index contributed by atoms with van der Waals surface area (Å²) < 4.78 is 0. The molecule has 0 bridgehead atoms. The molecule has 1 aliphatic rings. The van der Waals surface area contributed by atoms with Crippen LogP contribution in [0.5, 0.6) is 0 Å².